The van der Waals surface area contributed by atoms with Crippen LogP contribution in [0, 0.1) is 18.3 Å². The molecule has 0 aliphatic rings. The number of aromatic nitrogens is 2. The summed E-state index contributed by atoms with van der Waals surface area (Å²) in [5.74, 6) is 1.58. The molecule has 0 saturated heterocycles. The second-order valence-electron chi connectivity index (χ2n) is 3.76. The first-order chi connectivity index (χ1) is 8.17. The Morgan fingerprint density at radius 3 is 2.82 bits per heavy atom. The SMILES string of the molecule is COc1cccc(-c2nc(C)n(C)c2C#N)c1. The summed E-state index contributed by atoms with van der Waals surface area (Å²) in [7, 11) is 3.46. The molecular formula is C13H13N3O. The normalized spacial score (nSPS) is 10.0. The molecule has 4 nitrogen and oxygen atoms in total. The van der Waals surface area contributed by atoms with Crippen LogP contribution in [0.1, 0.15) is 11.5 Å². The van der Waals surface area contributed by atoms with Crippen molar-refractivity contribution in [3.05, 3.63) is 35.8 Å². The molecule has 2 rings (SSSR count). The fourth-order valence-electron chi connectivity index (χ4n) is 1.71. The van der Waals surface area contributed by atoms with E-state index in [1.54, 1.807) is 11.7 Å². The van der Waals surface area contributed by atoms with Crippen molar-refractivity contribution in [2.75, 3.05) is 7.11 Å². The number of nitrogens with zero attached hydrogens (tertiary/aromatic N) is 3. The minimum atomic E-state index is 0.566. The first-order valence-corrected chi connectivity index (χ1v) is 5.25. The van der Waals surface area contributed by atoms with Gasteiger partial charge in [0.25, 0.3) is 0 Å². The lowest BCUT2D eigenvalue weighted by Gasteiger charge is -2.02. The largest absolute Gasteiger partial charge is 0.497 e. The number of imidazole rings is 1. The van der Waals surface area contributed by atoms with Crippen molar-refractivity contribution < 1.29 is 4.74 Å². The minimum absolute atomic E-state index is 0.566. The maximum Gasteiger partial charge on any atom is 0.147 e. The van der Waals surface area contributed by atoms with Crippen LogP contribution in [-0.4, -0.2) is 16.7 Å². The van der Waals surface area contributed by atoms with Crippen LogP contribution in [-0.2, 0) is 7.05 Å². The molecule has 0 N–H and O–H groups in total. The predicted octanol–water partition coefficient (Wildman–Crippen LogP) is 2.28. The van der Waals surface area contributed by atoms with Gasteiger partial charge in [0, 0.05) is 12.6 Å². The number of nitriles is 1. The molecule has 0 unspecified atom stereocenters. The van der Waals surface area contributed by atoms with Gasteiger partial charge in [0.2, 0.25) is 0 Å². The van der Waals surface area contributed by atoms with Crippen molar-refractivity contribution in [3.63, 3.8) is 0 Å². The van der Waals surface area contributed by atoms with E-state index in [9.17, 15) is 0 Å². The van der Waals surface area contributed by atoms with Crippen LogP contribution < -0.4 is 4.74 Å². The van der Waals surface area contributed by atoms with E-state index in [1.807, 2.05) is 38.2 Å². The number of hydrogen-bond donors (Lipinski definition) is 0. The van der Waals surface area contributed by atoms with Gasteiger partial charge in [-0.25, -0.2) is 4.98 Å². The van der Waals surface area contributed by atoms with E-state index >= 15 is 0 Å². The summed E-state index contributed by atoms with van der Waals surface area (Å²) in [6.07, 6.45) is 0. The molecule has 1 heterocycles. The second kappa shape index (κ2) is 4.30. The Bertz CT molecular complexity index is 593. The number of ether oxygens (including phenoxy) is 1. The molecule has 4 heteroatoms. The molecule has 1 aromatic heterocycles. The first-order valence-electron chi connectivity index (χ1n) is 5.25. The standard InChI is InChI=1S/C13H13N3O/c1-9-15-13(12(8-14)16(9)2)10-5-4-6-11(7-10)17-3/h4-7H,1-3H3. The third kappa shape index (κ3) is 1.87. The average molecular weight is 227 g/mol. The summed E-state index contributed by atoms with van der Waals surface area (Å²) in [4.78, 5) is 4.41. The van der Waals surface area contributed by atoms with Gasteiger partial charge in [-0.15, -0.1) is 0 Å². The highest BCUT2D eigenvalue weighted by atomic mass is 16.5. The van der Waals surface area contributed by atoms with E-state index in [0.717, 1.165) is 17.1 Å². The monoisotopic (exact) mass is 227 g/mol. The summed E-state index contributed by atoms with van der Waals surface area (Å²) in [5, 5.41) is 9.16. The highest BCUT2D eigenvalue weighted by Crippen LogP contribution is 2.26. The van der Waals surface area contributed by atoms with Crippen molar-refractivity contribution in [2.45, 2.75) is 6.92 Å². The Morgan fingerprint density at radius 2 is 2.18 bits per heavy atom. The topological polar surface area (TPSA) is 50.8 Å². The highest BCUT2D eigenvalue weighted by molar-refractivity contribution is 5.67. The van der Waals surface area contributed by atoms with Crippen molar-refractivity contribution >= 4 is 0 Å². The van der Waals surface area contributed by atoms with Crippen molar-refractivity contribution in [1.82, 2.24) is 9.55 Å². The van der Waals surface area contributed by atoms with Crippen LogP contribution in [0.15, 0.2) is 24.3 Å². The van der Waals surface area contributed by atoms with Crippen molar-refractivity contribution in [2.24, 2.45) is 7.05 Å². The smallest absolute Gasteiger partial charge is 0.147 e. The highest BCUT2D eigenvalue weighted by Gasteiger charge is 2.13. The summed E-state index contributed by atoms with van der Waals surface area (Å²) in [6, 6.07) is 9.73. The third-order valence-electron chi connectivity index (χ3n) is 2.77. The predicted molar refractivity (Wildman–Crippen MR) is 64.6 cm³/mol. The zero-order valence-corrected chi connectivity index (χ0v) is 10.1. The number of rotatable bonds is 2. The molecule has 0 spiro atoms. The van der Waals surface area contributed by atoms with Gasteiger partial charge in [-0.1, -0.05) is 12.1 Å². The number of aryl methyl sites for hydroxylation is 1. The zero-order valence-electron chi connectivity index (χ0n) is 10.1. The summed E-state index contributed by atoms with van der Waals surface area (Å²) in [6.45, 7) is 1.88. The molecule has 0 aliphatic carbocycles. The van der Waals surface area contributed by atoms with Crippen LogP contribution in [0.5, 0.6) is 5.75 Å². The molecule has 0 saturated carbocycles. The van der Waals surface area contributed by atoms with E-state index < -0.39 is 0 Å². The Kier molecular flexibility index (Phi) is 2.84. The van der Waals surface area contributed by atoms with Crippen LogP contribution >= 0.6 is 0 Å². The van der Waals surface area contributed by atoms with Gasteiger partial charge in [0.1, 0.15) is 29.0 Å². The lowest BCUT2D eigenvalue weighted by atomic mass is 10.1. The Morgan fingerprint density at radius 1 is 1.41 bits per heavy atom. The van der Waals surface area contributed by atoms with Gasteiger partial charge in [0.15, 0.2) is 0 Å². The number of benzene rings is 1. The lowest BCUT2D eigenvalue weighted by Crippen LogP contribution is -1.94. The molecule has 0 aliphatic heterocycles. The summed E-state index contributed by atoms with van der Waals surface area (Å²) >= 11 is 0. The van der Waals surface area contributed by atoms with Gasteiger partial charge < -0.3 is 9.30 Å². The van der Waals surface area contributed by atoms with E-state index in [2.05, 4.69) is 11.1 Å². The quantitative estimate of drug-likeness (QED) is 0.790. The summed E-state index contributed by atoms with van der Waals surface area (Å²) < 4.78 is 6.96. The lowest BCUT2D eigenvalue weighted by molar-refractivity contribution is 0.415. The van der Waals surface area contributed by atoms with Crippen LogP contribution in [0.3, 0.4) is 0 Å². The van der Waals surface area contributed by atoms with Crippen LogP contribution in [0.4, 0.5) is 0 Å². The maximum absolute atomic E-state index is 9.16. The molecule has 0 atom stereocenters. The molecular weight excluding hydrogens is 214 g/mol. The Balaban J connectivity index is 2.60. The molecule has 1 aromatic carbocycles. The fraction of sp³-hybridized carbons (Fsp3) is 0.231. The van der Waals surface area contributed by atoms with Crippen LogP contribution in [0.2, 0.25) is 0 Å². The van der Waals surface area contributed by atoms with Crippen molar-refractivity contribution in [1.29, 1.82) is 5.26 Å². The molecule has 0 radical (unpaired) electrons. The molecule has 0 fully saturated rings. The van der Waals surface area contributed by atoms with Gasteiger partial charge in [-0.05, 0) is 19.1 Å². The van der Waals surface area contributed by atoms with Gasteiger partial charge >= 0.3 is 0 Å². The fourth-order valence-corrected chi connectivity index (χ4v) is 1.71. The first kappa shape index (κ1) is 11.2. The maximum atomic E-state index is 9.16. The van der Waals surface area contributed by atoms with E-state index in [4.69, 9.17) is 10.00 Å². The zero-order chi connectivity index (χ0) is 12.4. The molecule has 86 valence electrons. The minimum Gasteiger partial charge on any atom is -0.497 e. The second-order valence-corrected chi connectivity index (χ2v) is 3.76. The van der Waals surface area contributed by atoms with Gasteiger partial charge in [-0.3, -0.25) is 0 Å². The van der Waals surface area contributed by atoms with Crippen LogP contribution in [0.25, 0.3) is 11.3 Å². The Hall–Kier alpha value is -2.28. The van der Waals surface area contributed by atoms with E-state index in [0.29, 0.717) is 11.4 Å². The summed E-state index contributed by atoms with van der Waals surface area (Å²) in [5.41, 5.74) is 2.16. The van der Waals surface area contributed by atoms with Crippen molar-refractivity contribution in [3.8, 4) is 23.1 Å². The molecule has 2 aromatic rings. The van der Waals surface area contributed by atoms with E-state index in [-0.39, 0.29) is 0 Å². The molecule has 0 amide bonds. The molecule has 0 bridgehead atoms. The van der Waals surface area contributed by atoms with E-state index in [1.165, 1.54) is 0 Å². The number of hydrogen-bond acceptors (Lipinski definition) is 3. The number of methoxy groups -OCH3 is 1. The molecule has 17 heavy (non-hydrogen) atoms. The average Bonchev–Trinajstić information content (AvgIpc) is 2.65. The van der Waals surface area contributed by atoms with Gasteiger partial charge in [-0.2, -0.15) is 5.26 Å². The Labute approximate surface area is 100 Å². The third-order valence-corrected chi connectivity index (χ3v) is 2.77. The van der Waals surface area contributed by atoms with Gasteiger partial charge in [0.05, 0.1) is 7.11 Å².